The number of nitrogens with one attached hydrogen (secondary N) is 1. The minimum Gasteiger partial charge on any atom is -0.322 e. The third-order valence-electron chi connectivity index (χ3n) is 3.43. The number of amides is 1. The SMILES string of the molecule is CCc1nnc(NC(=O)CSc2ncc(-c3ccc(F)cc3)n2C)s1. The van der Waals surface area contributed by atoms with Crippen LogP contribution in [0.3, 0.4) is 0 Å². The number of imidazole rings is 1. The van der Waals surface area contributed by atoms with Gasteiger partial charge in [0.2, 0.25) is 11.0 Å². The van der Waals surface area contributed by atoms with E-state index in [1.807, 2.05) is 18.5 Å². The van der Waals surface area contributed by atoms with E-state index >= 15 is 0 Å². The highest BCUT2D eigenvalue weighted by Crippen LogP contribution is 2.25. The quantitative estimate of drug-likeness (QED) is 0.667. The van der Waals surface area contributed by atoms with Crippen molar-refractivity contribution in [2.45, 2.75) is 18.5 Å². The molecule has 0 saturated heterocycles. The molecule has 1 N–H and O–H groups in total. The average Bonchev–Trinajstić information content (AvgIpc) is 3.20. The first-order valence-corrected chi connectivity index (χ1v) is 9.39. The Morgan fingerprint density at radius 3 is 2.76 bits per heavy atom. The summed E-state index contributed by atoms with van der Waals surface area (Å²) in [7, 11) is 1.87. The van der Waals surface area contributed by atoms with Gasteiger partial charge in [-0.25, -0.2) is 9.37 Å². The van der Waals surface area contributed by atoms with Gasteiger partial charge >= 0.3 is 0 Å². The number of aromatic nitrogens is 4. The van der Waals surface area contributed by atoms with Gasteiger partial charge in [0.1, 0.15) is 10.8 Å². The van der Waals surface area contributed by atoms with Crippen molar-refractivity contribution in [1.29, 1.82) is 0 Å². The van der Waals surface area contributed by atoms with Crippen LogP contribution in [0.5, 0.6) is 0 Å². The second-order valence-corrected chi connectivity index (χ2v) is 7.19. The molecule has 0 aliphatic rings. The fourth-order valence-electron chi connectivity index (χ4n) is 2.15. The molecule has 0 bridgehead atoms. The maximum atomic E-state index is 13.0. The lowest BCUT2D eigenvalue weighted by Gasteiger charge is -2.06. The molecule has 0 aliphatic carbocycles. The third-order valence-corrected chi connectivity index (χ3v) is 5.46. The number of anilines is 1. The van der Waals surface area contributed by atoms with Crippen LogP contribution in [-0.2, 0) is 18.3 Å². The van der Waals surface area contributed by atoms with Crippen LogP contribution in [0, 0.1) is 5.82 Å². The molecule has 6 nitrogen and oxygen atoms in total. The smallest absolute Gasteiger partial charge is 0.236 e. The molecule has 2 heterocycles. The Bertz CT molecular complexity index is 875. The van der Waals surface area contributed by atoms with E-state index in [0.717, 1.165) is 22.7 Å². The molecule has 3 rings (SSSR count). The number of carbonyl (C=O) groups is 1. The molecule has 9 heteroatoms. The van der Waals surface area contributed by atoms with Crippen molar-refractivity contribution < 1.29 is 9.18 Å². The highest BCUT2D eigenvalue weighted by atomic mass is 32.2. The number of benzene rings is 1. The number of halogens is 1. The van der Waals surface area contributed by atoms with E-state index in [9.17, 15) is 9.18 Å². The highest BCUT2D eigenvalue weighted by Gasteiger charge is 2.12. The average molecular weight is 377 g/mol. The van der Waals surface area contributed by atoms with E-state index in [4.69, 9.17) is 0 Å². The first-order valence-electron chi connectivity index (χ1n) is 7.59. The minimum absolute atomic E-state index is 0.157. The van der Waals surface area contributed by atoms with Crippen molar-refractivity contribution in [3.63, 3.8) is 0 Å². The van der Waals surface area contributed by atoms with E-state index in [-0.39, 0.29) is 17.5 Å². The van der Waals surface area contributed by atoms with E-state index < -0.39 is 0 Å². The molecule has 0 aliphatic heterocycles. The predicted octanol–water partition coefficient (Wildman–Crippen LogP) is 3.37. The summed E-state index contributed by atoms with van der Waals surface area (Å²) in [5.41, 5.74) is 1.73. The van der Waals surface area contributed by atoms with Crippen LogP contribution in [0.15, 0.2) is 35.6 Å². The monoisotopic (exact) mass is 377 g/mol. The van der Waals surface area contributed by atoms with Gasteiger partial charge in [-0.2, -0.15) is 0 Å². The molecule has 25 heavy (non-hydrogen) atoms. The normalized spacial score (nSPS) is 10.8. The number of hydrogen-bond donors (Lipinski definition) is 1. The Balaban J connectivity index is 1.61. The lowest BCUT2D eigenvalue weighted by atomic mass is 10.2. The second kappa shape index (κ2) is 7.75. The van der Waals surface area contributed by atoms with Crippen molar-refractivity contribution in [2.24, 2.45) is 7.05 Å². The Hall–Kier alpha value is -2.26. The largest absolute Gasteiger partial charge is 0.322 e. The molecular formula is C16H16FN5OS2. The number of carbonyl (C=O) groups excluding carboxylic acids is 1. The lowest BCUT2D eigenvalue weighted by Crippen LogP contribution is -2.14. The molecule has 0 atom stereocenters. The Morgan fingerprint density at radius 1 is 1.32 bits per heavy atom. The Kier molecular flexibility index (Phi) is 5.44. The summed E-state index contributed by atoms with van der Waals surface area (Å²) in [5, 5.41) is 12.7. The van der Waals surface area contributed by atoms with E-state index in [2.05, 4.69) is 20.5 Å². The molecular weight excluding hydrogens is 361 g/mol. The van der Waals surface area contributed by atoms with Gasteiger partial charge in [0, 0.05) is 7.05 Å². The summed E-state index contributed by atoms with van der Waals surface area (Å²) in [4.78, 5) is 16.4. The molecule has 0 fully saturated rings. The summed E-state index contributed by atoms with van der Waals surface area (Å²) in [6.07, 6.45) is 2.51. The number of thioether (sulfide) groups is 1. The lowest BCUT2D eigenvalue weighted by molar-refractivity contribution is -0.113. The summed E-state index contributed by atoms with van der Waals surface area (Å²) in [6.45, 7) is 1.99. The molecule has 0 saturated carbocycles. The molecule has 1 amide bonds. The summed E-state index contributed by atoms with van der Waals surface area (Å²) in [5.74, 6) is -0.218. The van der Waals surface area contributed by atoms with Gasteiger partial charge < -0.3 is 4.57 Å². The number of nitrogens with zero attached hydrogens (tertiary/aromatic N) is 4. The molecule has 130 valence electrons. The van der Waals surface area contributed by atoms with Crippen LogP contribution in [0.4, 0.5) is 9.52 Å². The van der Waals surface area contributed by atoms with Gasteiger partial charge in [-0.3, -0.25) is 10.1 Å². The molecule has 3 aromatic rings. The second-order valence-electron chi connectivity index (χ2n) is 5.18. The molecule has 1 aromatic carbocycles. The van der Waals surface area contributed by atoms with Crippen LogP contribution >= 0.6 is 23.1 Å². The molecule has 0 spiro atoms. The molecule has 2 aromatic heterocycles. The Labute approximate surface area is 152 Å². The first-order chi connectivity index (χ1) is 12.1. The fourth-order valence-corrected chi connectivity index (χ4v) is 3.60. The van der Waals surface area contributed by atoms with E-state index in [0.29, 0.717) is 10.3 Å². The summed E-state index contributed by atoms with van der Waals surface area (Å²) >= 11 is 2.70. The van der Waals surface area contributed by atoms with Crippen molar-refractivity contribution >= 4 is 34.1 Å². The number of hydrogen-bond acceptors (Lipinski definition) is 6. The molecule has 0 radical (unpaired) electrons. The van der Waals surface area contributed by atoms with Gasteiger partial charge in [-0.05, 0) is 36.2 Å². The van der Waals surface area contributed by atoms with Crippen LogP contribution in [-0.4, -0.2) is 31.4 Å². The zero-order chi connectivity index (χ0) is 17.8. The van der Waals surface area contributed by atoms with E-state index in [1.165, 1.54) is 35.2 Å². The van der Waals surface area contributed by atoms with Gasteiger partial charge in [0.15, 0.2) is 5.16 Å². The van der Waals surface area contributed by atoms with Crippen molar-refractivity contribution in [2.75, 3.05) is 11.1 Å². The van der Waals surface area contributed by atoms with Crippen LogP contribution in [0.2, 0.25) is 0 Å². The maximum Gasteiger partial charge on any atom is 0.236 e. The van der Waals surface area contributed by atoms with Gasteiger partial charge in [-0.15, -0.1) is 10.2 Å². The number of rotatable bonds is 6. The predicted molar refractivity (Wildman–Crippen MR) is 97.2 cm³/mol. The topological polar surface area (TPSA) is 72.7 Å². The van der Waals surface area contributed by atoms with Crippen LogP contribution < -0.4 is 5.32 Å². The van der Waals surface area contributed by atoms with Crippen molar-refractivity contribution in [3.8, 4) is 11.3 Å². The fraction of sp³-hybridized carbons (Fsp3) is 0.250. The molecule has 0 unspecified atom stereocenters. The van der Waals surface area contributed by atoms with Gasteiger partial charge in [-0.1, -0.05) is 30.0 Å². The highest BCUT2D eigenvalue weighted by molar-refractivity contribution is 7.99. The minimum atomic E-state index is -0.278. The third kappa shape index (κ3) is 4.23. The number of aryl methyl sites for hydroxylation is 1. The first kappa shape index (κ1) is 17.6. The van der Waals surface area contributed by atoms with Crippen molar-refractivity contribution in [1.82, 2.24) is 19.7 Å². The van der Waals surface area contributed by atoms with Gasteiger partial charge in [0.25, 0.3) is 0 Å². The zero-order valence-electron chi connectivity index (χ0n) is 13.7. The summed E-state index contributed by atoms with van der Waals surface area (Å²) in [6, 6.07) is 6.23. The zero-order valence-corrected chi connectivity index (χ0v) is 15.3. The Morgan fingerprint density at radius 2 is 2.08 bits per heavy atom. The van der Waals surface area contributed by atoms with E-state index in [1.54, 1.807) is 18.3 Å². The maximum absolute atomic E-state index is 13.0. The van der Waals surface area contributed by atoms with Gasteiger partial charge in [0.05, 0.1) is 17.6 Å². The van der Waals surface area contributed by atoms with Crippen LogP contribution in [0.1, 0.15) is 11.9 Å². The van der Waals surface area contributed by atoms with Crippen molar-refractivity contribution in [3.05, 3.63) is 41.3 Å². The standard InChI is InChI=1S/C16H16FN5OS2/c1-3-14-20-21-15(25-14)19-13(23)9-24-16-18-8-12(22(16)2)10-4-6-11(17)7-5-10/h4-8H,3,9H2,1-2H3,(H,19,21,23). The van der Waals surface area contributed by atoms with Crippen LogP contribution in [0.25, 0.3) is 11.3 Å². The summed E-state index contributed by atoms with van der Waals surface area (Å²) < 4.78 is 14.9.